The third-order valence-electron chi connectivity index (χ3n) is 11.5. The molecule has 1 aliphatic carbocycles. The number of carbonyl (C=O) groups excluding carboxylic acids is 3. The van der Waals surface area contributed by atoms with Crippen LogP contribution < -0.4 is 15.2 Å². The lowest BCUT2D eigenvalue weighted by atomic mass is 9.75. The maximum Gasteiger partial charge on any atom is 0.332 e. The number of aliphatic hydroxyl groups is 1. The number of aliphatic hydroxyl groups excluding tert-OH is 1. The molecule has 0 bridgehead atoms. The van der Waals surface area contributed by atoms with Gasteiger partial charge in [0, 0.05) is 67.1 Å². The van der Waals surface area contributed by atoms with Crippen LogP contribution in [0.5, 0.6) is 11.5 Å². The van der Waals surface area contributed by atoms with Crippen molar-refractivity contribution in [3.8, 4) is 11.5 Å². The number of nitrogens with zero attached hydrogens (tertiary/aromatic N) is 2. The van der Waals surface area contributed by atoms with Gasteiger partial charge in [0.1, 0.15) is 17.3 Å². The Labute approximate surface area is 342 Å². The van der Waals surface area contributed by atoms with Gasteiger partial charge in [-0.15, -0.1) is 0 Å². The standard InChI is InChI=1S/C35H49ClN2O7.C9H13NO2/c1-5-10-24(31(41)33(43)44)17-30(40)29-20-35(19-28(37-45-35)23-13-9-14-25(36)16-23)21-38(29)32(42)27(34(2,3)4)18-26(39)15-22-11-7-6-8-12-22;1-11-8-3-7(6-10)4-9(5-8)12-2/h9,13-14,16,22,24,27,29,31,41H,5-8,10-12,15,17-21H2,1-4H3,(H,43,44);3-5H,6,10H2,1-2H3/t24-,27-,29+,31?,35-;/m1./s1. The highest BCUT2D eigenvalue weighted by molar-refractivity contribution is 6.31. The van der Waals surface area contributed by atoms with E-state index in [1.165, 1.54) is 6.42 Å². The first-order chi connectivity index (χ1) is 27.0. The molecule has 1 saturated heterocycles. The minimum Gasteiger partial charge on any atom is -0.497 e. The molecule has 1 saturated carbocycles. The number of carboxylic acid groups (broad SMARTS) is 1. The summed E-state index contributed by atoms with van der Waals surface area (Å²) < 4.78 is 10.1. The molecule has 5 atom stereocenters. The van der Waals surface area contributed by atoms with Crippen LogP contribution >= 0.6 is 11.6 Å². The molecule has 2 fully saturated rings. The molecule has 5 rings (SSSR count). The molecule has 0 aromatic heterocycles. The van der Waals surface area contributed by atoms with Crippen molar-refractivity contribution in [2.75, 3.05) is 20.8 Å². The molecular weight excluding hydrogens is 750 g/mol. The average molecular weight is 812 g/mol. The van der Waals surface area contributed by atoms with E-state index in [9.17, 15) is 29.4 Å². The molecule has 12 nitrogen and oxygen atoms in total. The number of rotatable bonds is 16. The number of ketones is 2. The van der Waals surface area contributed by atoms with Gasteiger partial charge in [0.15, 0.2) is 17.5 Å². The van der Waals surface area contributed by atoms with E-state index in [4.69, 9.17) is 31.6 Å². The van der Waals surface area contributed by atoms with Gasteiger partial charge >= 0.3 is 5.97 Å². The Morgan fingerprint density at radius 2 is 1.70 bits per heavy atom. The Morgan fingerprint density at radius 1 is 1.04 bits per heavy atom. The van der Waals surface area contributed by atoms with Gasteiger partial charge in [-0.05, 0) is 47.6 Å². The lowest BCUT2D eigenvalue weighted by Crippen LogP contribution is -2.48. The summed E-state index contributed by atoms with van der Waals surface area (Å²) in [5.41, 5.74) is 6.45. The number of carboxylic acids is 1. The molecule has 1 amide bonds. The zero-order valence-electron chi connectivity index (χ0n) is 34.4. The van der Waals surface area contributed by atoms with Crippen molar-refractivity contribution < 1.29 is 43.7 Å². The highest BCUT2D eigenvalue weighted by Gasteiger charge is 2.55. The predicted octanol–water partition coefficient (Wildman–Crippen LogP) is 7.38. The zero-order valence-corrected chi connectivity index (χ0v) is 35.2. The Hall–Kier alpha value is -4.00. The molecule has 1 unspecified atom stereocenters. The number of nitrogens with two attached hydrogens (primary N) is 1. The first-order valence-corrected chi connectivity index (χ1v) is 20.6. The number of amides is 1. The molecular formula is C44H62ClN3O9. The van der Waals surface area contributed by atoms with Gasteiger partial charge in [-0.25, -0.2) is 4.79 Å². The van der Waals surface area contributed by atoms with Gasteiger partial charge in [-0.1, -0.05) is 95.1 Å². The van der Waals surface area contributed by atoms with Gasteiger partial charge < -0.3 is 35.2 Å². The fourth-order valence-corrected chi connectivity index (χ4v) is 8.51. The Bertz CT molecular complexity index is 1680. The van der Waals surface area contributed by atoms with Gasteiger partial charge in [0.25, 0.3) is 0 Å². The normalized spacial score (nSPS) is 21.1. The van der Waals surface area contributed by atoms with Crippen molar-refractivity contribution >= 4 is 40.8 Å². The lowest BCUT2D eigenvalue weighted by Gasteiger charge is -2.35. The number of methoxy groups -OCH3 is 2. The summed E-state index contributed by atoms with van der Waals surface area (Å²) in [5.74, 6) is -1.43. The second-order valence-corrected chi connectivity index (χ2v) is 17.4. The Balaban J connectivity index is 0.000000512. The number of carbonyl (C=O) groups is 4. The maximum absolute atomic E-state index is 14.5. The first kappa shape index (κ1) is 45.7. The highest BCUT2D eigenvalue weighted by Crippen LogP contribution is 2.43. The van der Waals surface area contributed by atoms with Crippen LogP contribution in [0.2, 0.25) is 5.02 Å². The summed E-state index contributed by atoms with van der Waals surface area (Å²) in [4.78, 5) is 61.1. The molecule has 1 spiro atoms. The topological polar surface area (TPSA) is 178 Å². The van der Waals surface area contributed by atoms with E-state index in [1.807, 2.05) is 58.0 Å². The molecule has 314 valence electrons. The molecule has 2 heterocycles. The van der Waals surface area contributed by atoms with Gasteiger partial charge in [-0.2, -0.15) is 0 Å². The summed E-state index contributed by atoms with van der Waals surface area (Å²) in [7, 11) is 3.24. The van der Waals surface area contributed by atoms with E-state index < -0.39 is 41.0 Å². The second kappa shape index (κ2) is 20.6. The summed E-state index contributed by atoms with van der Waals surface area (Å²) in [5, 5.41) is 24.8. The molecule has 13 heteroatoms. The van der Waals surface area contributed by atoms with Crippen molar-refractivity contribution in [3.05, 3.63) is 58.6 Å². The van der Waals surface area contributed by atoms with Gasteiger partial charge in [-0.3, -0.25) is 14.4 Å². The van der Waals surface area contributed by atoms with E-state index in [1.54, 1.807) is 31.3 Å². The van der Waals surface area contributed by atoms with Crippen LogP contribution in [-0.4, -0.2) is 82.8 Å². The zero-order chi connectivity index (χ0) is 41.9. The summed E-state index contributed by atoms with van der Waals surface area (Å²) in [6.07, 6.45) is 5.73. The van der Waals surface area contributed by atoms with Crippen molar-refractivity contribution in [1.29, 1.82) is 0 Å². The third-order valence-corrected chi connectivity index (χ3v) is 11.8. The molecule has 3 aliphatic rings. The van der Waals surface area contributed by atoms with Crippen LogP contribution in [0.1, 0.15) is 116 Å². The summed E-state index contributed by atoms with van der Waals surface area (Å²) in [6.45, 7) is 8.30. The second-order valence-electron chi connectivity index (χ2n) is 17.0. The number of likely N-dealkylation sites (tertiary alicyclic amines) is 1. The molecule has 2 aliphatic heterocycles. The number of hydrogen-bond acceptors (Lipinski definition) is 10. The summed E-state index contributed by atoms with van der Waals surface area (Å²) in [6, 6.07) is 12.0. The number of aliphatic carboxylic acids is 1. The number of halogens is 1. The summed E-state index contributed by atoms with van der Waals surface area (Å²) >= 11 is 6.22. The molecule has 0 radical (unpaired) electrons. The SMILES string of the molecule is CCC[C@H](CC(=O)[C@@H]1C[C@]2(CC(c3cccc(Cl)c3)=NO2)CN1C(=O)[C@@H](CC(=O)CC1CCCCC1)C(C)(C)C)C(O)C(=O)O.COc1cc(CN)cc(OC)c1. The van der Waals surface area contributed by atoms with Crippen LogP contribution in [0, 0.1) is 23.2 Å². The largest absolute Gasteiger partial charge is 0.497 e. The minimum atomic E-state index is -1.69. The van der Waals surface area contributed by atoms with Crippen LogP contribution in [0.15, 0.2) is 47.6 Å². The molecule has 57 heavy (non-hydrogen) atoms. The van der Waals surface area contributed by atoms with E-state index >= 15 is 0 Å². The molecule has 2 aromatic carbocycles. The van der Waals surface area contributed by atoms with Crippen LogP contribution in [0.3, 0.4) is 0 Å². The van der Waals surface area contributed by atoms with Crippen molar-refractivity contribution in [2.45, 2.75) is 129 Å². The first-order valence-electron chi connectivity index (χ1n) is 20.2. The van der Waals surface area contributed by atoms with E-state index in [0.29, 0.717) is 48.9 Å². The number of oxime groups is 1. The van der Waals surface area contributed by atoms with Gasteiger partial charge in [0.05, 0.1) is 32.5 Å². The number of benzene rings is 2. The quantitative estimate of drug-likeness (QED) is 0.155. The predicted molar refractivity (Wildman–Crippen MR) is 219 cm³/mol. The third kappa shape index (κ3) is 12.5. The van der Waals surface area contributed by atoms with E-state index in [2.05, 4.69) is 5.16 Å². The molecule has 2 aromatic rings. The van der Waals surface area contributed by atoms with Crippen molar-refractivity contribution in [3.63, 3.8) is 0 Å². The average Bonchev–Trinajstić information content (AvgIpc) is 3.79. The number of ether oxygens (including phenoxy) is 2. The smallest absolute Gasteiger partial charge is 0.332 e. The monoisotopic (exact) mass is 811 g/mol. The lowest BCUT2D eigenvalue weighted by molar-refractivity contribution is -0.151. The fraction of sp³-hybridized carbons (Fsp3) is 0.614. The van der Waals surface area contributed by atoms with Crippen LogP contribution in [0.25, 0.3) is 0 Å². The fourth-order valence-electron chi connectivity index (χ4n) is 8.32. The Morgan fingerprint density at radius 3 is 2.26 bits per heavy atom. The molecule has 4 N–H and O–H groups in total. The maximum atomic E-state index is 14.5. The van der Waals surface area contributed by atoms with Crippen molar-refractivity contribution in [1.82, 2.24) is 4.90 Å². The Kier molecular flexibility index (Phi) is 16.5. The highest BCUT2D eigenvalue weighted by atomic mass is 35.5. The van der Waals surface area contributed by atoms with Crippen LogP contribution in [0.4, 0.5) is 0 Å². The van der Waals surface area contributed by atoms with Gasteiger partial charge in [0.2, 0.25) is 5.91 Å². The minimum absolute atomic E-state index is 0.0724. The number of Topliss-reactive ketones (excluding diaryl/α,β-unsaturated/α-hetero) is 2. The van der Waals surface area contributed by atoms with E-state index in [-0.39, 0.29) is 43.3 Å². The van der Waals surface area contributed by atoms with Crippen molar-refractivity contribution in [2.24, 2.45) is 34.1 Å². The van der Waals surface area contributed by atoms with E-state index in [0.717, 1.165) is 48.3 Å². The van der Waals surface area contributed by atoms with Crippen LogP contribution in [-0.2, 0) is 30.6 Å². The number of hydrogen-bond donors (Lipinski definition) is 3.